The lowest BCUT2D eigenvalue weighted by Gasteiger charge is -2.26. The molecule has 0 fully saturated rings. The lowest BCUT2D eigenvalue weighted by Crippen LogP contribution is -2.42. The Kier molecular flexibility index (Phi) is 3.99. The van der Waals surface area contributed by atoms with Gasteiger partial charge in [-0.2, -0.15) is 0 Å². The number of hydrogen-bond acceptors (Lipinski definition) is 4. The van der Waals surface area contributed by atoms with E-state index >= 15 is 0 Å². The highest BCUT2D eigenvalue weighted by Gasteiger charge is 2.27. The van der Waals surface area contributed by atoms with Gasteiger partial charge in [-0.25, -0.2) is 0 Å². The van der Waals surface area contributed by atoms with Crippen LogP contribution in [0.25, 0.3) is 0 Å². The van der Waals surface area contributed by atoms with Crippen LogP contribution in [0.4, 0.5) is 0 Å². The first kappa shape index (κ1) is 13.1. The molecule has 4 heteroatoms. The molecule has 4 nitrogen and oxygen atoms in total. The molecular weight excluding hydrogens is 230 g/mol. The van der Waals surface area contributed by atoms with Crippen LogP contribution in [0.15, 0.2) is 24.3 Å². The molecule has 1 aromatic rings. The first-order valence-corrected chi connectivity index (χ1v) is 6.31. The van der Waals surface area contributed by atoms with E-state index in [1.165, 1.54) is 12.5 Å². The monoisotopic (exact) mass is 249 g/mol. The number of aliphatic hydroxyl groups is 1. The van der Waals surface area contributed by atoms with Crippen molar-refractivity contribution in [3.63, 3.8) is 0 Å². The third kappa shape index (κ3) is 2.71. The number of nitrogens with two attached hydrogens (primary N) is 1. The molecule has 0 amide bonds. The van der Waals surface area contributed by atoms with Crippen LogP contribution in [-0.2, 0) is 16.0 Å². The van der Waals surface area contributed by atoms with Gasteiger partial charge in [0.1, 0.15) is 12.1 Å². The van der Waals surface area contributed by atoms with E-state index in [1.807, 2.05) is 18.2 Å². The van der Waals surface area contributed by atoms with E-state index in [9.17, 15) is 9.90 Å². The molecule has 0 saturated carbocycles. The van der Waals surface area contributed by atoms with Crippen molar-refractivity contribution in [3.05, 3.63) is 35.4 Å². The summed E-state index contributed by atoms with van der Waals surface area (Å²) < 4.78 is 5.42. The molecule has 98 valence electrons. The Morgan fingerprint density at radius 2 is 2.22 bits per heavy atom. The van der Waals surface area contributed by atoms with Crippen LogP contribution >= 0.6 is 0 Å². The molecule has 1 unspecified atom stereocenters. The number of carbonyl (C=O) groups is 1. The second kappa shape index (κ2) is 5.50. The van der Waals surface area contributed by atoms with E-state index < -0.39 is 18.1 Å². The number of hydrogen-bond donors (Lipinski definition) is 2. The zero-order valence-electron chi connectivity index (χ0n) is 10.5. The molecule has 2 rings (SSSR count). The Bertz CT molecular complexity index is 431. The average molecular weight is 249 g/mol. The smallest absolute Gasteiger partial charge is 0.326 e. The number of aryl methyl sites for hydroxylation is 1. The van der Waals surface area contributed by atoms with Crippen LogP contribution in [0.2, 0.25) is 0 Å². The SMILES string of the molecule is C[C@@H](O)[C@H](N)C(=O)OC1CCCc2ccccc21. The summed E-state index contributed by atoms with van der Waals surface area (Å²) in [5, 5.41) is 9.29. The van der Waals surface area contributed by atoms with E-state index in [-0.39, 0.29) is 6.10 Å². The molecule has 1 aliphatic rings. The lowest BCUT2D eigenvalue weighted by molar-refractivity contribution is -0.154. The van der Waals surface area contributed by atoms with Crippen LogP contribution in [0, 0.1) is 0 Å². The number of carbonyl (C=O) groups excluding carboxylic acids is 1. The number of esters is 1. The maximum Gasteiger partial charge on any atom is 0.326 e. The molecule has 18 heavy (non-hydrogen) atoms. The third-order valence-electron chi connectivity index (χ3n) is 3.36. The van der Waals surface area contributed by atoms with Crippen molar-refractivity contribution in [2.45, 2.75) is 44.4 Å². The number of rotatable bonds is 3. The summed E-state index contributed by atoms with van der Waals surface area (Å²) >= 11 is 0. The fourth-order valence-corrected chi connectivity index (χ4v) is 2.25. The highest BCUT2D eigenvalue weighted by atomic mass is 16.5. The van der Waals surface area contributed by atoms with Gasteiger partial charge in [0.15, 0.2) is 0 Å². The van der Waals surface area contributed by atoms with Gasteiger partial charge in [-0.15, -0.1) is 0 Å². The van der Waals surface area contributed by atoms with Crippen molar-refractivity contribution in [2.75, 3.05) is 0 Å². The van der Waals surface area contributed by atoms with Crippen molar-refractivity contribution < 1.29 is 14.6 Å². The molecule has 0 heterocycles. The third-order valence-corrected chi connectivity index (χ3v) is 3.36. The Hall–Kier alpha value is -1.39. The minimum atomic E-state index is -0.973. The number of ether oxygens (including phenoxy) is 1. The van der Waals surface area contributed by atoms with Gasteiger partial charge in [-0.05, 0) is 37.3 Å². The van der Waals surface area contributed by atoms with Crippen LogP contribution < -0.4 is 5.73 Å². The maximum atomic E-state index is 11.8. The highest BCUT2D eigenvalue weighted by molar-refractivity contribution is 5.76. The van der Waals surface area contributed by atoms with Crippen LogP contribution in [0.1, 0.15) is 37.0 Å². The number of benzene rings is 1. The van der Waals surface area contributed by atoms with E-state index in [0.717, 1.165) is 24.8 Å². The molecular formula is C14H19NO3. The van der Waals surface area contributed by atoms with Gasteiger partial charge >= 0.3 is 5.97 Å². The summed E-state index contributed by atoms with van der Waals surface area (Å²) in [4.78, 5) is 11.8. The maximum absolute atomic E-state index is 11.8. The molecule has 0 aromatic heterocycles. The van der Waals surface area contributed by atoms with Crippen LogP contribution in [-0.4, -0.2) is 23.2 Å². The Morgan fingerprint density at radius 1 is 1.50 bits per heavy atom. The summed E-state index contributed by atoms with van der Waals surface area (Å²) in [6.07, 6.45) is 1.71. The predicted octanol–water partition coefficient (Wildman–Crippen LogP) is 1.32. The Morgan fingerprint density at radius 3 is 2.94 bits per heavy atom. The van der Waals surface area contributed by atoms with Crippen LogP contribution in [0.3, 0.4) is 0 Å². The van der Waals surface area contributed by atoms with Gasteiger partial charge in [-0.3, -0.25) is 4.79 Å². The van der Waals surface area contributed by atoms with E-state index in [2.05, 4.69) is 6.07 Å². The first-order chi connectivity index (χ1) is 8.59. The van der Waals surface area contributed by atoms with E-state index in [4.69, 9.17) is 10.5 Å². The van der Waals surface area contributed by atoms with Gasteiger partial charge < -0.3 is 15.6 Å². The molecule has 0 aliphatic heterocycles. The van der Waals surface area contributed by atoms with Gasteiger partial charge in [0, 0.05) is 0 Å². The van der Waals surface area contributed by atoms with Crippen molar-refractivity contribution in [3.8, 4) is 0 Å². The van der Waals surface area contributed by atoms with E-state index in [0.29, 0.717) is 0 Å². The fraction of sp³-hybridized carbons (Fsp3) is 0.500. The predicted molar refractivity (Wildman–Crippen MR) is 67.9 cm³/mol. The minimum Gasteiger partial charge on any atom is -0.456 e. The summed E-state index contributed by atoms with van der Waals surface area (Å²) in [6.45, 7) is 1.49. The summed E-state index contributed by atoms with van der Waals surface area (Å²) in [5.74, 6) is -0.535. The molecule has 0 radical (unpaired) electrons. The van der Waals surface area contributed by atoms with E-state index in [1.54, 1.807) is 0 Å². The lowest BCUT2D eigenvalue weighted by atomic mass is 9.89. The summed E-state index contributed by atoms with van der Waals surface area (Å²) in [6, 6.07) is 7.01. The summed E-state index contributed by atoms with van der Waals surface area (Å²) in [5.41, 5.74) is 7.87. The number of aliphatic hydroxyl groups excluding tert-OH is 1. The quantitative estimate of drug-likeness (QED) is 0.792. The van der Waals surface area contributed by atoms with Gasteiger partial charge in [0.05, 0.1) is 6.10 Å². The molecule has 1 aliphatic carbocycles. The Labute approximate surface area is 107 Å². The Balaban J connectivity index is 2.10. The van der Waals surface area contributed by atoms with Crippen molar-refractivity contribution >= 4 is 5.97 Å². The largest absolute Gasteiger partial charge is 0.456 e. The van der Waals surface area contributed by atoms with Gasteiger partial charge in [0.25, 0.3) is 0 Å². The van der Waals surface area contributed by atoms with Gasteiger partial charge in [0.2, 0.25) is 0 Å². The number of fused-ring (bicyclic) bond motifs is 1. The van der Waals surface area contributed by atoms with Crippen LogP contribution in [0.5, 0.6) is 0 Å². The zero-order valence-corrected chi connectivity index (χ0v) is 10.5. The highest BCUT2D eigenvalue weighted by Crippen LogP contribution is 2.32. The second-order valence-corrected chi connectivity index (χ2v) is 4.78. The second-order valence-electron chi connectivity index (χ2n) is 4.78. The molecule has 3 atom stereocenters. The molecule has 1 aromatic carbocycles. The van der Waals surface area contributed by atoms with Crippen molar-refractivity contribution in [2.24, 2.45) is 5.73 Å². The normalized spacial score (nSPS) is 21.8. The molecule has 3 N–H and O–H groups in total. The topological polar surface area (TPSA) is 72.5 Å². The first-order valence-electron chi connectivity index (χ1n) is 6.31. The molecule has 0 saturated heterocycles. The minimum absolute atomic E-state index is 0.229. The molecule has 0 bridgehead atoms. The van der Waals surface area contributed by atoms with Crippen molar-refractivity contribution in [1.29, 1.82) is 0 Å². The molecule has 0 spiro atoms. The fourth-order valence-electron chi connectivity index (χ4n) is 2.25. The zero-order chi connectivity index (χ0) is 13.1. The van der Waals surface area contributed by atoms with Gasteiger partial charge in [-0.1, -0.05) is 24.3 Å². The average Bonchev–Trinajstić information content (AvgIpc) is 2.38. The van der Waals surface area contributed by atoms with Crippen molar-refractivity contribution in [1.82, 2.24) is 0 Å². The standard InChI is InChI=1S/C14H19NO3/c1-9(16)13(15)14(17)18-12-8-4-6-10-5-2-3-7-11(10)12/h2-3,5,7,9,12-13,16H,4,6,8,15H2,1H3/t9-,12?,13+/m1/s1. The summed E-state index contributed by atoms with van der Waals surface area (Å²) in [7, 11) is 0.